The third-order valence-corrected chi connectivity index (χ3v) is 4.60. The first-order valence-electron chi connectivity index (χ1n) is 8.50. The summed E-state index contributed by atoms with van der Waals surface area (Å²) >= 11 is 24.6. The van der Waals surface area contributed by atoms with Crippen LogP contribution in [-0.4, -0.2) is 85.4 Å². The highest BCUT2D eigenvalue weighted by molar-refractivity contribution is 8.00. The summed E-state index contributed by atoms with van der Waals surface area (Å²) in [4.78, 5) is 36.4. The van der Waals surface area contributed by atoms with Crippen molar-refractivity contribution in [3.05, 3.63) is 0 Å². The first-order valence-corrected chi connectivity index (χ1v) is 11.6. The minimum absolute atomic E-state index is 0.0255. The van der Waals surface area contributed by atoms with Crippen molar-refractivity contribution in [2.75, 3.05) is 18.1 Å². The normalized spacial score (nSPS) is 17.4. The van der Waals surface area contributed by atoms with E-state index in [9.17, 15) is 24.6 Å². The zero-order valence-corrected chi connectivity index (χ0v) is 21.6. The number of aldehydes is 1. The fraction of sp³-hybridized carbons (Fsp3) is 0.800. The van der Waals surface area contributed by atoms with E-state index in [-0.39, 0.29) is 17.8 Å². The summed E-state index contributed by atoms with van der Waals surface area (Å²) < 4.78 is 8.14. The highest BCUT2D eigenvalue weighted by atomic mass is 32.2. The number of carbonyl (C=O) groups is 3. The van der Waals surface area contributed by atoms with E-state index in [1.807, 2.05) is 0 Å². The van der Waals surface area contributed by atoms with Crippen LogP contribution in [0.5, 0.6) is 0 Å². The molecule has 9 nitrogen and oxygen atoms in total. The van der Waals surface area contributed by atoms with Gasteiger partial charge in [0.05, 0.1) is 6.61 Å². The Labute approximate surface area is 208 Å². The minimum atomic E-state index is -1.71. The number of nitrogens with one attached hydrogen (secondary N) is 2. The molecule has 0 rings (SSSR count). The van der Waals surface area contributed by atoms with Crippen molar-refractivity contribution in [2.45, 2.75) is 52.6 Å². The number of carbonyl (C=O) groups excluding carboxylic acids is 3. The van der Waals surface area contributed by atoms with Gasteiger partial charge >= 0.3 is 11.9 Å². The van der Waals surface area contributed by atoms with Crippen molar-refractivity contribution >= 4 is 94.0 Å². The van der Waals surface area contributed by atoms with Gasteiger partial charge in [-0.1, -0.05) is 0 Å². The molecule has 0 fully saturated rings. The molecule has 0 aliphatic carbocycles. The van der Waals surface area contributed by atoms with E-state index in [1.54, 1.807) is 13.8 Å². The van der Waals surface area contributed by atoms with Crippen LogP contribution in [0.4, 0.5) is 0 Å². The topological polar surface area (TPSA) is 134 Å². The fourth-order valence-corrected chi connectivity index (χ4v) is 3.20. The summed E-state index contributed by atoms with van der Waals surface area (Å²) in [6.07, 6.45) is -4.93. The van der Waals surface area contributed by atoms with Gasteiger partial charge in [-0.3, -0.25) is 25.0 Å². The molecule has 176 valence electrons. The Hall–Kier alpha value is 0.550. The predicted octanol–water partition coefficient (Wildman–Crippen LogP) is -0.795. The lowest BCUT2D eigenvalue weighted by molar-refractivity contribution is -0.181. The van der Waals surface area contributed by atoms with Gasteiger partial charge in [-0.25, -0.2) is 0 Å². The smallest absolute Gasteiger partial charge is 0.324 e. The molecule has 0 heterocycles. The molecule has 0 spiro atoms. The second-order valence-corrected chi connectivity index (χ2v) is 11.5. The molecule has 0 unspecified atom stereocenters. The van der Waals surface area contributed by atoms with Crippen LogP contribution in [0.15, 0.2) is 0 Å². The molecule has 0 bridgehead atoms. The lowest BCUT2D eigenvalue weighted by Gasteiger charge is -2.31. The monoisotopic (exact) mass is 540 g/mol. The number of hydrogen-bond donors (Lipinski definition) is 10. The number of aliphatic hydroxyl groups is 2. The van der Waals surface area contributed by atoms with Crippen molar-refractivity contribution < 1.29 is 34.1 Å². The van der Waals surface area contributed by atoms with E-state index < -0.39 is 57.3 Å². The summed E-state index contributed by atoms with van der Waals surface area (Å²) in [7, 11) is 0. The van der Waals surface area contributed by atoms with Gasteiger partial charge in [-0.15, -0.1) is 50.5 Å². The molecule has 0 saturated carbocycles. The first-order chi connectivity index (χ1) is 13.7. The predicted molar refractivity (Wildman–Crippen MR) is 133 cm³/mol. The molecule has 0 aromatic heterocycles. The second-order valence-electron chi connectivity index (χ2n) is 6.49. The van der Waals surface area contributed by atoms with E-state index in [1.165, 1.54) is 0 Å². The van der Waals surface area contributed by atoms with Crippen LogP contribution in [0.1, 0.15) is 13.8 Å². The van der Waals surface area contributed by atoms with Gasteiger partial charge < -0.3 is 19.7 Å². The zero-order chi connectivity index (χ0) is 23.7. The van der Waals surface area contributed by atoms with Crippen molar-refractivity contribution in [2.24, 2.45) is 0 Å². The van der Waals surface area contributed by atoms with E-state index >= 15 is 0 Å². The maximum absolute atomic E-state index is 12.5. The standard InChI is InChI=1S/C15H28N2O7S6/c1-14(27,28)16-7(5-25)12(21)23-10(4-19)11(9(20)3-18)24-13(22)8(6-26)17-15(2,29)30/h4,7-11,16-18,20,25-30H,3,5-6H2,1-2H3/t7-,8-,9+,10-,11-/m0/s1. The molecular formula is C15H28N2O7S6. The van der Waals surface area contributed by atoms with Gasteiger partial charge in [0.25, 0.3) is 0 Å². The Bertz CT molecular complexity index is 573. The van der Waals surface area contributed by atoms with E-state index in [0.717, 1.165) is 0 Å². The van der Waals surface area contributed by atoms with Gasteiger partial charge in [0.2, 0.25) is 0 Å². The van der Waals surface area contributed by atoms with Crippen LogP contribution in [0.25, 0.3) is 0 Å². The molecule has 0 aromatic carbocycles. The largest absolute Gasteiger partial charge is 0.454 e. The quantitative estimate of drug-likeness (QED) is 0.0595. The Balaban J connectivity index is 5.48. The van der Waals surface area contributed by atoms with Crippen LogP contribution in [0.2, 0.25) is 0 Å². The van der Waals surface area contributed by atoms with E-state index in [0.29, 0.717) is 0 Å². The number of aliphatic hydroxyl groups excluding tert-OH is 2. The summed E-state index contributed by atoms with van der Waals surface area (Å²) in [6, 6.07) is -2.04. The number of ether oxygens (including phenoxy) is 2. The van der Waals surface area contributed by atoms with Gasteiger partial charge in [-0.2, -0.15) is 25.3 Å². The third-order valence-electron chi connectivity index (χ3n) is 3.36. The van der Waals surface area contributed by atoms with Crippen LogP contribution >= 0.6 is 75.8 Å². The molecular weight excluding hydrogens is 513 g/mol. The molecule has 5 atom stereocenters. The second kappa shape index (κ2) is 14.0. The molecule has 0 radical (unpaired) electrons. The lowest BCUT2D eigenvalue weighted by atomic mass is 10.1. The Morgan fingerprint density at radius 2 is 1.37 bits per heavy atom. The first kappa shape index (κ1) is 30.6. The van der Waals surface area contributed by atoms with Crippen molar-refractivity contribution in [3.8, 4) is 0 Å². The van der Waals surface area contributed by atoms with Crippen LogP contribution in [0, 0.1) is 0 Å². The average molecular weight is 541 g/mol. The molecule has 4 N–H and O–H groups in total. The van der Waals surface area contributed by atoms with Crippen molar-refractivity contribution in [3.63, 3.8) is 0 Å². The SMILES string of the molecule is CC(S)(S)N[C@@H](CS)C(=O)O[C@@H]([C@H](O)CO)[C@H](C=O)OC(=O)[C@H](CS)NC(C)(S)S. The molecule has 15 heteroatoms. The Morgan fingerprint density at radius 3 is 1.67 bits per heavy atom. The Morgan fingerprint density at radius 1 is 0.967 bits per heavy atom. The summed E-state index contributed by atoms with van der Waals surface area (Å²) in [5.74, 6) is -1.91. The number of thiol groups is 6. The van der Waals surface area contributed by atoms with Crippen molar-refractivity contribution in [1.29, 1.82) is 0 Å². The fourth-order valence-electron chi connectivity index (χ4n) is 2.09. The maximum atomic E-state index is 12.5. The number of esters is 2. The lowest BCUT2D eigenvalue weighted by Crippen LogP contribution is -2.53. The third kappa shape index (κ3) is 12.0. The van der Waals surface area contributed by atoms with Gasteiger partial charge in [0.1, 0.15) is 26.6 Å². The molecule has 0 aliphatic heterocycles. The van der Waals surface area contributed by atoms with Gasteiger partial charge in [0.15, 0.2) is 18.5 Å². The van der Waals surface area contributed by atoms with Crippen LogP contribution < -0.4 is 10.6 Å². The molecule has 0 saturated heterocycles. The van der Waals surface area contributed by atoms with Gasteiger partial charge in [0, 0.05) is 11.5 Å². The summed E-state index contributed by atoms with van der Waals surface area (Å²) in [5.41, 5.74) is 0. The molecule has 0 aromatic rings. The minimum Gasteiger partial charge on any atom is -0.454 e. The van der Waals surface area contributed by atoms with E-state index in [4.69, 9.17) is 9.47 Å². The Kier molecular flexibility index (Phi) is 14.2. The van der Waals surface area contributed by atoms with Crippen molar-refractivity contribution in [1.82, 2.24) is 10.6 Å². The van der Waals surface area contributed by atoms with E-state index in [2.05, 4.69) is 86.4 Å². The average Bonchev–Trinajstić information content (AvgIpc) is 2.64. The summed E-state index contributed by atoms with van der Waals surface area (Å²) in [5, 5.41) is 24.8. The number of rotatable bonds is 14. The van der Waals surface area contributed by atoms with Crippen LogP contribution in [0.3, 0.4) is 0 Å². The maximum Gasteiger partial charge on any atom is 0.324 e. The highest BCUT2D eigenvalue weighted by Crippen LogP contribution is 2.18. The van der Waals surface area contributed by atoms with Crippen LogP contribution in [-0.2, 0) is 23.9 Å². The molecule has 0 amide bonds. The number of hydrogen-bond acceptors (Lipinski definition) is 15. The summed E-state index contributed by atoms with van der Waals surface area (Å²) in [6.45, 7) is 2.25. The molecule has 30 heavy (non-hydrogen) atoms. The highest BCUT2D eigenvalue weighted by Gasteiger charge is 2.38. The molecule has 0 aliphatic rings. The zero-order valence-electron chi connectivity index (χ0n) is 16.2. The van der Waals surface area contributed by atoms with Gasteiger partial charge in [-0.05, 0) is 13.8 Å².